The van der Waals surface area contributed by atoms with Crippen molar-refractivity contribution in [2.75, 3.05) is 39.4 Å². The molecule has 2 heterocycles. The van der Waals surface area contributed by atoms with Gasteiger partial charge in [-0.05, 0) is 31.4 Å². The van der Waals surface area contributed by atoms with Crippen LogP contribution in [-0.4, -0.2) is 73.1 Å². The fourth-order valence-corrected chi connectivity index (χ4v) is 3.97. The molecule has 6 nitrogen and oxygen atoms in total. The number of hydrogen-bond donors (Lipinski definition) is 1. The van der Waals surface area contributed by atoms with Crippen LogP contribution in [0.5, 0.6) is 0 Å². The lowest BCUT2D eigenvalue weighted by molar-refractivity contribution is -0.135. The zero-order valence-corrected chi connectivity index (χ0v) is 16.2. The molecule has 2 saturated heterocycles. The van der Waals surface area contributed by atoms with Crippen molar-refractivity contribution in [3.8, 4) is 0 Å². The van der Waals surface area contributed by atoms with Crippen LogP contribution >= 0.6 is 0 Å². The summed E-state index contributed by atoms with van der Waals surface area (Å²) in [6.07, 6.45) is 3.13. The molecule has 27 heavy (non-hydrogen) atoms. The second-order valence-corrected chi connectivity index (χ2v) is 7.41. The molecule has 0 bridgehead atoms. The number of carbonyl (C=O) groups excluding carboxylic acids is 2. The van der Waals surface area contributed by atoms with E-state index >= 15 is 0 Å². The Bertz CT molecular complexity index is 608. The molecule has 0 radical (unpaired) electrons. The lowest BCUT2D eigenvalue weighted by atomic mass is 10.0. The summed E-state index contributed by atoms with van der Waals surface area (Å²) in [5.41, 5.74) is 0.737. The fourth-order valence-electron chi connectivity index (χ4n) is 3.97. The Morgan fingerprint density at radius 1 is 1.22 bits per heavy atom. The number of rotatable bonds is 6. The van der Waals surface area contributed by atoms with Crippen LogP contribution in [0.2, 0.25) is 0 Å². The maximum Gasteiger partial charge on any atom is 0.253 e. The number of nitrogens with one attached hydrogen (secondary N) is 1. The van der Waals surface area contributed by atoms with Crippen LogP contribution in [0, 0.1) is 0 Å². The summed E-state index contributed by atoms with van der Waals surface area (Å²) < 4.78 is 5.47. The summed E-state index contributed by atoms with van der Waals surface area (Å²) in [6.45, 7) is 6.44. The Balaban J connectivity index is 1.54. The van der Waals surface area contributed by atoms with Gasteiger partial charge >= 0.3 is 0 Å². The van der Waals surface area contributed by atoms with Crippen LogP contribution in [-0.2, 0) is 9.53 Å². The largest absolute Gasteiger partial charge is 0.378 e. The summed E-state index contributed by atoms with van der Waals surface area (Å²) in [5, 5.41) is 3.36. The smallest absolute Gasteiger partial charge is 0.253 e. The molecule has 0 spiro atoms. The average molecular weight is 373 g/mol. The van der Waals surface area contributed by atoms with E-state index in [1.54, 1.807) is 0 Å². The van der Waals surface area contributed by atoms with E-state index in [1.807, 2.05) is 40.1 Å². The average Bonchev–Trinajstić information content (AvgIpc) is 2.73. The van der Waals surface area contributed by atoms with Crippen molar-refractivity contribution in [2.24, 2.45) is 0 Å². The molecule has 0 aliphatic carbocycles. The zero-order valence-electron chi connectivity index (χ0n) is 16.2. The van der Waals surface area contributed by atoms with Crippen molar-refractivity contribution in [2.45, 2.75) is 44.7 Å². The van der Waals surface area contributed by atoms with Gasteiger partial charge < -0.3 is 19.9 Å². The summed E-state index contributed by atoms with van der Waals surface area (Å²) in [5.74, 6) is 0.290. The van der Waals surface area contributed by atoms with Gasteiger partial charge in [-0.1, -0.05) is 25.1 Å². The van der Waals surface area contributed by atoms with E-state index in [4.69, 9.17) is 4.74 Å². The highest BCUT2D eigenvalue weighted by Crippen LogP contribution is 2.20. The van der Waals surface area contributed by atoms with Gasteiger partial charge in [0.05, 0.1) is 13.2 Å². The van der Waals surface area contributed by atoms with Crippen molar-refractivity contribution in [3.05, 3.63) is 35.9 Å². The van der Waals surface area contributed by atoms with Gasteiger partial charge in [0.1, 0.15) is 0 Å². The molecule has 2 aliphatic heterocycles. The molecular weight excluding hydrogens is 342 g/mol. The Kier molecular flexibility index (Phi) is 7.24. The van der Waals surface area contributed by atoms with Gasteiger partial charge in [0.2, 0.25) is 5.91 Å². The number of nitrogens with zero attached hydrogens (tertiary/aromatic N) is 2. The number of piperidine rings is 1. The van der Waals surface area contributed by atoms with E-state index in [2.05, 4.69) is 12.2 Å². The Hall–Kier alpha value is -1.92. The van der Waals surface area contributed by atoms with Crippen LogP contribution in [0.4, 0.5) is 0 Å². The van der Waals surface area contributed by atoms with Crippen LogP contribution in [0.25, 0.3) is 0 Å². The Labute approximate surface area is 161 Å². The van der Waals surface area contributed by atoms with Crippen molar-refractivity contribution >= 4 is 11.8 Å². The van der Waals surface area contributed by atoms with Crippen LogP contribution < -0.4 is 5.32 Å². The maximum atomic E-state index is 12.9. The standard InChI is InChI=1S/C21H31N3O3/c1-2-11-24(20(25)15-18-16-27-14-10-22-18)19-8-12-23(13-9-19)21(26)17-6-4-3-5-7-17/h3-7,18-19,22H,2,8-16H2,1H3. The van der Waals surface area contributed by atoms with Gasteiger partial charge in [0.25, 0.3) is 5.91 Å². The Morgan fingerprint density at radius 2 is 1.96 bits per heavy atom. The maximum absolute atomic E-state index is 12.9. The minimum absolute atomic E-state index is 0.0889. The molecule has 0 saturated carbocycles. The molecule has 6 heteroatoms. The third-order valence-corrected chi connectivity index (χ3v) is 5.42. The zero-order chi connectivity index (χ0) is 19.1. The lowest BCUT2D eigenvalue weighted by Gasteiger charge is -2.39. The molecule has 1 aromatic carbocycles. The van der Waals surface area contributed by atoms with Gasteiger partial charge in [0.15, 0.2) is 0 Å². The van der Waals surface area contributed by atoms with Crippen molar-refractivity contribution in [3.63, 3.8) is 0 Å². The molecule has 1 atom stereocenters. The normalized spacial score (nSPS) is 21.1. The number of morpholine rings is 1. The predicted molar refractivity (Wildman–Crippen MR) is 105 cm³/mol. The minimum Gasteiger partial charge on any atom is -0.378 e. The second kappa shape index (κ2) is 9.85. The van der Waals surface area contributed by atoms with Gasteiger partial charge in [-0.3, -0.25) is 9.59 Å². The van der Waals surface area contributed by atoms with Crippen molar-refractivity contribution in [1.82, 2.24) is 15.1 Å². The SMILES string of the molecule is CCCN(C(=O)CC1COCCN1)C1CCN(C(=O)c2ccccc2)CC1. The molecule has 1 unspecified atom stereocenters. The van der Waals surface area contributed by atoms with E-state index in [0.29, 0.717) is 26.1 Å². The number of ether oxygens (including phenoxy) is 1. The van der Waals surface area contributed by atoms with Gasteiger partial charge in [-0.25, -0.2) is 0 Å². The summed E-state index contributed by atoms with van der Waals surface area (Å²) in [4.78, 5) is 29.5. The van der Waals surface area contributed by atoms with Crippen LogP contribution in [0.3, 0.4) is 0 Å². The second-order valence-electron chi connectivity index (χ2n) is 7.41. The molecule has 2 aliphatic rings. The lowest BCUT2D eigenvalue weighted by Crippen LogP contribution is -2.51. The molecule has 0 aromatic heterocycles. The number of carbonyl (C=O) groups is 2. The number of hydrogen-bond acceptors (Lipinski definition) is 4. The number of amides is 2. The van der Waals surface area contributed by atoms with E-state index in [-0.39, 0.29) is 23.9 Å². The summed E-state index contributed by atoms with van der Waals surface area (Å²) in [7, 11) is 0. The molecular formula is C21H31N3O3. The highest BCUT2D eigenvalue weighted by atomic mass is 16.5. The van der Waals surface area contributed by atoms with E-state index in [0.717, 1.165) is 44.5 Å². The van der Waals surface area contributed by atoms with E-state index in [1.165, 1.54) is 0 Å². The molecule has 2 amide bonds. The molecule has 1 aromatic rings. The first kappa shape index (κ1) is 19.8. The molecule has 148 valence electrons. The van der Waals surface area contributed by atoms with E-state index in [9.17, 15) is 9.59 Å². The summed E-state index contributed by atoms with van der Waals surface area (Å²) in [6, 6.07) is 9.77. The summed E-state index contributed by atoms with van der Waals surface area (Å²) >= 11 is 0. The Morgan fingerprint density at radius 3 is 2.59 bits per heavy atom. The predicted octanol–water partition coefficient (Wildman–Crippen LogP) is 1.91. The first-order chi connectivity index (χ1) is 13.2. The third-order valence-electron chi connectivity index (χ3n) is 5.42. The number of likely N-dealkylation sites (tertiary alicyclic amines) is 1. The van der Waals surface area contributed by atoms with Gasteiger partial charge in [-0.2, -0.15) is 0 Å². The van der Waals surface area contributed by atoms with Crippen LogP contribution in [0.1, 0.15) is 43.0 Å². The van der Waals surface area contributed by atoms with E-state index < -0.39 is 0 Å². The minimum atomic E-state index is 0.0889. The molecule has 1 N–H and O–H groups in total. The van der Waals surface area contributed by atoms with Crippen molar-refractivity contribution in [1.29, 1.82) is 0 Å². The quantitative estimate of drug-likeness (QED) is 0.827. The van der Waals surface area contributed by atoms with Gasteiger partial charge in [0, 0.05) is 50.2 Å². The van der Waals surface area contributed by atoms with Gasteiger partial charge in [-0.15, -0.1) is 0 Å². The highest BCUT2D eigenvalue weighted by Gasteiger charge is 2.30. The first-order valence-corrected chi connectivity index (χ1v) is 10.1. The molecule has 2 fully saturated rings. The van der Waals surface area contributed by atoms with Crippen LogP contribution in [0.15, 0.2) is 30.3 Å². The highest BCUT2D eigenvalue weighted by molar-refractivity contribution is 5.94. The van der Waals surface area contributed by atoms with Crippen molar-refractivity contribution < 1.29 is 14.3 Å². The topological polar surface area (TPSA) is 61.9 Å². The monoisotopic (exact) mass is 373 g/mol. The third kappa shape index (κ3) is 5.30. The first-order valence-electron chi connectivity index (χ1n) is 10.1. The fraction of sp³-hybridized carbons (Fsp3) is 0.619. The number of benzene rings is 1. The molecule has 3 rings (SSSR count).